The lowest BCUT2D eigenvalue weighted by atomic mass is 10.0. The summed E-state index contributed by atoms with van der Waals surface area (Å²) in [7, 11) is 3.39. The minimum atomic E-state index is 0.413. The third kappa shape index (κ3) is 5.29. The Balaban J connectivity index is 1.83. The van der Waals surface area contributed by atoms with Gasteiger partial charge in [0.1, 0.15) is 0 Å². The van der Waals surface area contributed by atoms with Crippen molar-refractivity contribution in [3.8, 4) is 5.88 Å². The summed E-state index contributed by atoms with van der Waals surface area (Å²) >= 11 is 0. The number of nitrogens with one attached hydrogen (secondary N) is 2. The monoisotopic (exact) mass is 312 g/mol. The molecule has 0 saturated heterocycles. The van der Waals surface area contributed by atoms with Gasteiger partial charge in [-0.2, -0.15) is 0 Å². The predicted octanol–water partition coefficient (Wildman–Crippen LogP) is 2.56. The standard InChI is InChI=1S/C18H24N4O/c1-14(16-7-5-4-6-8-16)12-21-18(19-2)22-13-15-9-10-20-17(11-15)23-3/h4-11,14H,12-13H2,1-3H3,(H2,19,21,22). The Labute approximate surface area is 137 Å². The topological polar surface area (TPSA) is 58.5 Å². The van der Waals surface area contributed by atoms with Gasteiger partial charge in [0.05, 0.1) is 7.11 Å². The lowest BCUT2D eigenvalue weighted by Crippen LogP contribution is -2.38. The van der Waals surface area contributed by atoms with Crippen molar-refractivity contribution in [2.75, 3.05) is 20.7 Å². The molecule has 0 amide bonds. The third-order valence-electron chi connectivity index (χ3n) is 3.64. The summed E-state index contributed by atoms with van der Waals surface area (Å²) in [5.74, 6) is 1.81. The zero-order chi connectivity index (χ0) is 16.5. The summed E-state index contributed by atoms with van der Waals surface area (Å²) in [4.78, 5) is 8.36. The highest BCUT2D eigenvalue weighted by Crippen LogP contribution is 2.13. The van der Waals surface area contributed by atoms with Gasteiger partial charge in [-0.25, -0.2) is 4.98 Å². The van der Waals surface area contributed by atoms with Crippen molar-refractivity contribution in [2.24, 2.45) is 4.99 Å². The van der Waals surface area contributed by atoms with Crippen LogP contribution in [-0.2, 0) is 6.54 Å². The van der Waals surface area contributed by atoms with Crippen LogP contribution >= 0.6 is 0 Å². The van der Waals surface area contributed by atoms with E-state index >= 15 is 0 Å². The van der Waals surface area contributed by atoms with E-state index in [1.165, 1.54) is 5.56 Å². The van der Waals surface area contributed by atoms with Gasteiger partial charge in [0.15, 0.2) is 5.96 Å². The Morgan fingerprint density at radius 3 is 2.70 bits per heavy atom. The molecule has 1 heterocycles. The van der Waals surface area contributed by atoms with Gasteiger partial charge in [-0.3, -0.25) is 4.99 Å². The number of guanidine groups is 1. The van der Waals surface area contributed by atoms with Crippen LogP contribution in [-0.4, -0.2) is 31.6 Å². The Hall–Kier alpha value is -2.56. The summed E-state index contributed by atoms with van der Waals surface area (Å²) in [6.07, 6.45) is 1.74. The van der Waals surface area contributed by atoms with Crippen molar-refractivity contribution in [3.63, 3.8) is 0 Å². The van der Waals surface area contributed by atoms with Crippen molar-refractivity contribution in [3.05, 3.63) is 59.8 Å². The summed E-state index contributed by atoms with van der Waals surface area (Å²) in [5.41, 5.74) is 2.41. The molecule has 0 radical (unpaired) electrons. The fourth-order valence-electron chi connectivity index (χ4n) is 2.23. The smallest absolute Gasteiger partial charge is 0.213 e. The molecular weight excluding hydrogens is 288 g/mol. The van der Waals surface area contributed by atoms with Crippen molar-refractivity contribution in [2.45, 2.75) is 19.4 Å². The van der Waals surface area contributed by atoms with Gasteiger partial charge >= 0.3 is 0 Å². The molecule has 1 atom stereocenters. The zero-order valence-electron chi connectivity index (χ0n) is 13.9. The maximum absolute atomic E-state index is 5.13. The quantitative estimate of drug-likeness (QED) is 0.636. The van der Waals surface area contributed by atoms with E-state index in [0.29, 0.717) is 18.3 Å². The van der Waals surface area contributed by atoms with E-state index in [4.69, 9.17) is 4.74 Å². The number of benzene rings is 1. The van der Waals surface area contributed by atoms with Gasteiger partial charge < -0.3 is 15.4 Å². The van der Waals surface area contributed by atoms with Gasteiger partial charge in [-0.05, 0) is 23.1 Å². The Morgan fingerprint density at radius 2 is 2.00 bits per heavy atom. The van der Waals surface area contributed by atoms with Crippen molar-refractivity contribution < 1.29 is 4.74 Å². The van der Waals surface area contributed by atoms with E-state index < -0.39 is 0 Å². The number of rotatable bonds is 6. The Bertz CT molecular complexity index is 628. The molecule has 0 saturated carbocycles. The van der Waals surface area contributed by atoms with Crippen LogP contribution < -0.4 is 15.4 Å². The van der Waals surface area contributed by atoms with Gasteiger partial charge in [0.25, 0.3) is 0 Å². The molecule has 1 aromatic carbocycles. The normalized spacial score (nSPS) is 12.6. The minimum Gasteiger partial charge on any atom is -0.481 e. The number of hydrogen-bond acceptors (Lipinski definition) is 3. The van der Waals surface area contributed by atoms with Crippen LogP contribution in [0.4, 0.5) is 0 Å². The second-order valence-corrected chi connectivity index (χ2v) is 5.32. The second-order valence-electron chi connectivity index (χ2n) is 5.32. The molecule has 2 N–H and O–H groups in total. The van der Waals surface area contributed by atoms with E-state index in [1.807, 2.05) is 18.2 Å². The fourth-order valence-corrected chi connectivity index (χ4v) is 2.23. The molecular formula is C18H24N4O. The fraction of sp³-hybridized carbons (Fsp3) is 0.333. The van der Waals surface area contributed by atoms with Crippen LogP contribution in [0.25, 0.3) is 0 Å². The van der Waals surface area contributed by atoms with Crippen LogP contribution in [0, 0.1) is 0 Å². The summed E-state index contributed by atoms with van der Waals surface area (Å²) in [6, 6.07) is 14.3. The molecule has 2 rings (SSSR count). The summed E-state index contributed by atoms with van der Waals surface area (Å²) in [5, 5.41) is 6.66. The molecule has 122 valence electrons. The molecule has 0 spiro atoms. The Morgan fingerprint density at radius 1 is 1.22 bits per heavy atom. The van der Waals surface area contributed by atoms with Gasteiger partial charge in [-0.1, -0.05) is 37.3 Å². The van der Waals surface area contributed by atoms with E-state index in [1.54, 1.807) is 20.4 Å². The number of pyridine rings is 1. The number of hydrogen-bond donors (Lipinski definition) is 2. The molecule has 0 bridgehead atoms. The first-order valence-corrected chi connectivity index (χ1v) is 7.71. The zero-order valence-corrected chi connectivity index (χ0v) is 13.9. The number of nitrogens with zero attached hydrogens (tertiary/aromatic N) is 2. The van der Waals surface area contributed by atoms with E-state index in [-0.39, 0.29) is 0 Å². The predicted molar refractivity (Wildman–Crippen MR) is 93.8 cm³/mol. The molecule has 0 aliphatic carbocycles. The lowest BCUT2D eigenvalue weighted by molar-refractivity contribution is 0.397. The first-order chi connectivity index (χ1) is 11.2. The van der Waals surface area contributed by atoms with Gasteiger partial charge in [0, 0.05) is 32.4 Å². The van der Waals surface area contributed by atoms with Crippen LogP contribution in [0.1, 0.15) is 24.0 Å². The van der Waals surface area contributed by atoms with Crippen molar-refractivity contribution in [1.29, 1.82) is 0 Å². The molecule has 1 aromatic heterocycles. The minimum absolute atomic E-state index is 0.413. The van der Waals surface area contributed by atoms with Crippen molar-refractivity contribution in [1.82, 2.24) is 15.6 Å². The number of methoxy groups -OCH3 is 1. The molecule has 5 nitrogen and oxygen atoms in total. The second kappa shape index (κ2) is 8.78. The highest BCUT2D eigenvalue weighted by Gasteiger charge is 2.06. The van der Waals surface area contributed by atoms with E-state index in [0.717, 1.165) is 18.1 Å². The lowest BCUT2D eigenvalue weighted by Gasteiger charge is -2.16. The van der Waals surface area contributed by atoms with Crippen LogP contribution in [0.5, 0.6) is 5.88 Å². The molecule has 23 heavy (non-hydrogen) atoms. The van der Waals surface area contributed by atoms with Gasteiger partial charge in [0.2, 0.25) is 5.88 Å². The largest absolute Gasteiger partial charge is 0.481 e. The first kappa shape index (κ1) is 16.8. The summed E-state index contributed by atoms with van der Waals surface area (Å²) in [6.45, 7) is 3.69. The molecule has 2 aromatic rings. The molecule has 5 heteroatoms. The SMILES string of the molecule is CN=C(NCc1ccnc(OC)c1)NCC(C)c1ccccc1. The first-order valence-electron chi connectivity index (χ1n) is 7.71. The Kier molecular flexibility index (Phi) is 6.41. The molecule has 0 aliphatic heterocycles. The number of ether oxygens (including phenoxy) is 1. The summed E-state index contributed by atoms with van der Waals surface area (Å²) < 4.78 is 5.13. The highest BCUT2D eigenvalue weighted by molar-refractivity contribution is 5.79. The van der Waals surface area contributed by atoms with Gasteiger partial charge in [-0.15, -0.1) is 0 Å². The average Bonchev–Trinajstić information content (AvgIpc) is 2.62. The van der Waals surface area contributed by atoms with Crippen LogP contribution in [0.3, 0.4) is 0 Å². The van der Waals surface area contributed by atoms with Crippen LogP contribution in [0.2, 0.25) is 0 Å². The third-order valence-corrected chi connectivity index (χ3v) is 3.64. The maximum Gasteiger partial charge on any atom is 0.213 e. The molecule has 0 fully saturated rings. The van der Waals surface area contributed by atoms with E-state index in [2.05, 4.69) is 51.8 Å². The number of aromatic nitrogens is 1. The average molecular weight is 312 g/mol. The molecule has 1 unspecified atom stereocenters. The maximum atomic E-state index is 5.13. The molecule has 0 aliphatic rings. The van der Waals surface area contributed by atoms with Crippen molar-refractivity contribution >= 4 is 5.96 Å². The van der Waals surface area contributed by atoms with Crippen LogP contribution in [0.15, 0.2) is 53.7 Å². The highest BCUT2D eigenvalue weighted by atomic mass is 16.5. The number of aliphatic imine (C=N–C) groups is 1. The van der Waals surface area contributed by atoms with E-state index in [9.17, 15) is 0 Å².